The molecule has 0 radical (unpaired) electrons. The molecule has 1 N–H and O–H groups in total. The van der Waals surface area contributed by atoms with Gasteiger partial charge in [-0.2, -0.15) is 0 Å². The van der Waals surface area contributed by atoms with Gasteiger partial charge in [-0.25, -0.2) is 0 Å². The molecule has 0 spiro atoms. The maximum Gasteiger partial charge on any atom is 0.293 e. The number of nitrogens with zero attached hydrogens (tertiary/aromatic N) is 4. The fraction of sp³-hybridized carbons (Fsp3) is 0.308. The molecule has 22 heavy (non-hydrogen) atoms. The molecule has 9 heteroatoms. The van der Waals surface area contributed by atoms with Gasteiger partial charge in [0.25, 0.3) is 5.69 Å². The van der Waals surface area contributed by atoms with Gasteiger partial charge in [-0.15, -0.1) is 10.2 Å². The number of carbonyl (C=O) groups is 1. The molecule has 0 fully saturated rings. The molecule has 0 aliphatic rings. The third-order valence-corrected chi connectivity index (χ3v) is 3.96. The molecule has 0 bridgehead atoms. The summed E-state index contributed by atoms with van der Waals surface area (Å²) >= 11 is 1.21. The van der Waals surface area contributed by atoms with E-state index in [4.69, 9.17) is 0 Å². The first-order valence-corrected chi connectivity index (χ1v) is 7.39. The molecule has 1 amide bonds. The van der Waals surface area contributed by atoms with Crippen molar-refractivity contribution in [2.75, 3.05) is 11.1 Å². The molecule has 0 aliphatic carbocycles. The van der Waals surface area contributed by atoms with Gasteiger partial charge < -0.3 is 9.88 Å². The third kappa shape index (κ3) is 3.61. The Kier molecular flexibility index (Phi) is 4.76. The summed E-state index contributed by atoms with van der Waals surface area (Å²) < 4.78 is 1.69. The van der Waals surface area contributed by atoms with E-state index in [1.165, 1.54) is 24.2 Å². The van der Waals surface area contributed by atoms with Crippen LogP contribution in [0.5, 0.6) is 0 Å². The number of nitro benzene ring substituents is 1. The molecule has 8 nitrogen and oxygen atoms in total. The van der Waals surface area contributed by atoms with Gasteiger partial charge in [-0.1, -0.05) is 17.8 Å². The predicted molar refractivity (Wildman–Crippen MR) is 82.9 cm³/mol. The SMILES string of the molecule is Cc1cc(C)c(NC(=O)CSc2nncn2C)c([N+](=O)[O-])c1. The standard InChI is InChI=1S/C13H15N5O3S/c1-8-4-9(2)12(10(5-8)18(20)21)15-11(19)6-22-13-16-14-7-17(13)3/h4-5,7H,6H2,1-3H3,(H,15,19). The average Bonchev–Trinajstić information content (AvgIpc) is 2.84. The van der Waals surface area contributed by atoms with Gasteiger partial charge >= 0.3 is 0 Å². The van der Waals surface area contributed by atoms with Crippen molar-refractivity contribution in [1.29, 1.82) is 0 Å². The maximum atomic E-state index is 12.0. The van der Waals surface area contributed by atoms with Gasteiger partial charge in [-0.05, 0) is 25.0 Å². The lowest BCUT2D eigenvalue weighted by atomic mass is 10.1. The van der Waals surface area contributed by atoms with Crippen molar-refractivity contribution in [3.8, 4) is 0 Å². The quantitative estimate of drug-likeness (QED) is 0.514. The minimum Gasteiger partial charge on any atom is -0.319 e. The van der Waals surface area contributed by atoms with Crippen LogP contribution in [0.4, 0.5) is 11.4 Å². The van der Waals surface area contributed by atoms with E-state index in [0.29, 0.717) is 10.7 Å². The van der Waals surface area contributed by atoms with Crippen molar-refractivity contribution in [3.05, 3.63) is 39.7 Å². The molecule has 1 aromatic carbocycles. The van der Waals surface area contributed by atoms with E-state index in [9.17, 15) is 14.9 Å². The summed E-state index contributed by atoms with van der Waals surface area (Å²) in [6.45, 7) is 3.50. The summed E-state index contributed by atoms with van der Waals surface area (Å²) in [6, 6.07) is 3.23. The lowest BCUT2D eigenvalue weighted by Crippen LogP contribution is -2.16. The van der Waals surface area contributed by atoms with Crippen LogP contribution in [0.15, 0.2) is 23.6 Å². The smallest absolute Gasteiger partial charge is 0.293 e. The third-order valence-electron chi connectivity index (χ3n) is 2.92. The zero-order valence-electron chi connectivity index (χ0n) is 12.4. The Morgan fingerprint density at radius 2 is 2.18 bits per heavy atom. The van der Waals surface area contributed by atoms with Gasteiger partial charge in [0.2, 0.25) is 5.91 Å². The number of nitro groups is 1. The zero-order valence-corrected chi connectivity index (χ0v) is 13.2. The summed E-state index contributed by atoms with van der Waals surface area (Å²) in [5.41, 5.74) is 1.56. The molecule has 2 rings (SSSR count). The van der Waals surface area contributed by atoms with Crippen LogP contribution < -0.4 is 5.32 Å². The monoisotopic (exact) mass is 321 g/mol. The Hall–Kier alpha value is -2.42. The van der Waals surface area contributed by atoms with Crippen molar-refractivity contribution < 1.29 is 9.72 Å². The fourth-order valence-corrected chi connectivity index (χ4v) is 2.65. The molecular weight excluding hydrogens is 306 g/mol. The van der Waals surface area contributed by atoms with E-state index in [1.807, 2.05) is 0 Å². The number of hydrogen-bond donors (Lipinski definition) is 1. The summed E-state index contributed by atoms with van der Waals surface area (Å²) in [4.78, 5) is 22.6. The second kappa shape index (κ2) is 6.56. The molecule has 0 saturated carbocycles. The Bertz CT molecular complexity index is 728. The first kappa shape index (κ1) is 16.0. The number of nitrogens with one attached hydrogen (secondary N) is 1. The van der Waals surface area contributed by atoms with E-state index in [0.717, 1.165) is 5.56 Å². The highest BCUT2D eigenvalue weighted by molar-refractivity contribution is 7.99. The molecule has 0 atom stereocenters. The topological polar surface area (TPSA) is 103 Å². The largest absolute Gasteiger partial charge is 0.319 e. The lowest BCUT2D eigenvalue weighted by Gasteiger charge is -2.09. The highest BCUT2D eigenvalue weighted by Crippen LogP contribution is 2.29. The number of anilines is 1. The van der Waals surface area contributed by atoms with Crippen molar-refractivity contribution in [2.24, 2.45) is 7.05 Å². The second-order valence-electron chi connectivity index (χ2n) is 4.79. The molecule has 2 aromatic rings. The summed E-state index contributed by atoms with van der Waals surface area (Å²) in [5.74, 6) is -0.236. The Balaban J connectivity index is 2.11. The highest BCUT2D eigenvalue weighted by atomic mass is 32.2. The number of carbonyl (C=O) groups excluding carboxylic acids is 1. The van der Waals surface area contributed by atoms with E-state index in [-0.39, 0.29) is 23.0 Å². The van der Waals surface area contributed by atoms with Gasteiger partial charge in [0.05, 0.1) is 10.7 Å². The van der Waals surface area contributed by atoms with Crippen LogP contribution in [0.1, 0.15) is 11.1 Å². The average molecular weight is 321 g/mol. The summed E-state index contributed by atoms with van der Waals surface area (Å²) in [7, 11) is 1.77. The van der Waals surface area contributed by atoms with Gasteiger partial charge in [0.1, 0.15) is 12.0 Å². The van der Waals surface area contributed by atoms with Crippen LogP contribution in [0, 0.1) is 24.0 Å². The van der Waals surface area contributed by atoms with Crippen LogP contribution in [0.2, 0.25) is 0 Å². The van der Waals surface area contributed by atoms with Crippen LogP contribution in [-0.2, 0) is 11.8 Å². The Morgan fingerprint density at radius 1 is 1.45 bits per heavy atom. The number of aromatic nitrogens is 3. The molecular formula is C13H15N5O3S. The van der Waals surface area contributed by atoms with E-state index < -0.39 is 4.92 Å². The van der Waals surface area contributed by atoms with Gasteiger partial charge in [0, 0.05) is 13.1 Å². The van der Waals surface area contributed by atoms with E-state index in [2.05, 4.69) is 15.5 Å². The zero-order chi connectivity index (χ0) is 16.3. The molecule has 116 valence electrons. The first-order chi connectivity index (χ1) is 10.4. The second-order valence-corrected chi connectivity index (χ2v) is 5.74. The van der Waals surface area contributed by atoms with Crippen molar-refractivity contribution in [1.82, 2.24) is 14.8 Å². The minimum atomic E-state index is -0.495. The van der Waals surface area contributed by atoms with Crippen molar-refractivity contribution in [3.63, 3.8) is 0 Å². The number of thioether (sulfide) groups is 1. The number of rotatable bonds is 5. The predicted octanol–water partition coefficient (Wildman–Crippen LogP) is 2.07. The van der Waals surface area contributed by atoms with E-state index in [1.54, 1.807) is 31.5 Å². The molecule has 0 unspecified atom stereocenters. The number of aryl methyl sites for hydroxylation is 3. The van der Waals surface area contributed by atoms with Crippen molar-refractivity contribution in [2.45, 2.75) is 19.0 Å². The van der Waals surface area contributed by atoms with Crippen molar-refractivity contribution >= 4 is 29.0 Å². The van der Waals surface area contributed by atoms with Gasteiger partial charge in [0.15, 0.2) is 5.16 Å². The Morgan fingerprint density at radius 3 is 2.77 bits per heavy atom. The minimum absolute atomic E-state index is 0.0943. The molecule has 0 saturated heterocycles. The molecule has 0 aliphatic heterocycles. The Labute approximate surface area is 131 Å². The first-order valence-electron chi connectivity index (χ1n) is 6.40. The summed E-state index contributed by atoms with van der Waals surface area (Å²) in [6.07, 6.45) is 1.54. The number of amides is 1. The van der Waals surface area contributed by atoms with Crippen LogP contribution in [-0.4, -0.2) is 31.3 Å². The number of benzene rings is 1. The highest BCUT2D eigenvalue weighted by Gasteiger charge is 2.19. The normalized spacial score (nSPS) is 10.5. The maximum absolute atomic E-state index is 12.0. The number of hydrogen-bond acceptors (Lipinski definition) is 6. The van der Waals surface area contributed by atoms with Crippen LogP contribution >= 0.6 is 11.8 Å². The van der Waals surface area contributed by atoms with Crippen LogP contribution in [0.3, 0.4) is 0 Å². The van der Waals surface area contributed by atoms with Crippen LogP contribution in [0.25, 0.3) is 0 Å². The molecule has 1 aromatic heterocycles. The van der Waals surface area contributed by atoms with Gasteiger partial charge in [-0.3, -0.25) is 14.9 Å². The molecule has 1 heterocycles. The fourth-order valence-electron chi connectivity index (χ4n) is 1.96. The summed E-state index contributed by atoms with van der Waals surface area (Å²) in [5, 5.41) is 21.9. The van der Waals surface area contributed by atoms with E-state index >= 15 is 0 Å². The lowest BCUT2D eigenvalue weighted by molar-refractivity contribution is -0.384.